The van der Waals surface area contributed by atoms with E-state index in [9.17, 15) is 4.79 Å². The summed E-state index contributed by atoms with van der Waals surface area (Å²) < 4.78 is 11.4. The maximum Gasteiger partial charge on any atom is 0.328 e. The van der Waals surface area contributed by atoms with E-state index in [4.69, 9.17) is 14.6 Å². The van der Waals surface area contributed by atoms with Crippen LogP contribution in [0.3, 0.4) is 0 Å². The minimum Gasteiger partial charge on any atom is -0.493 e. The van der Waals surface area contributed by atoms with E-state index in [1.54, 1.807) is 12.1 Å². The quantitative estimate of drug-likeness (QED) is 0.850. The van der Waals surface area contributed by atoms with Crippen molar-refractivity contribution in [2.45, 2.75) is 6.92 Å². The van der Waals surface area contributed by atoms with Gasteiger partial charge in [-0.3, -0.25) is 0 Å². The summed E-state index contributed by atoms with van der Waals surface area (Å²) in [6.45, 7) is 2.33. The average Bonchev–Trinajstić information content (AvgIpc) is 2.28. The van der Waals surface area contributed by atoms with Crippen molar-refractivity contribution >= 4 is 28.0 Å². The summed E-state index contributed by atoms with van der Waals surface area (Å²) in [4.78, 5) is 10.5. The molecule has 5 heteroatoms. The van der Waals surface area contributed by atoms with Crippen LogP contribution in [0.5, 0.6) is 11.5 Å². The van der Waals surface area contributed by atoms with Gasteiger partial charge in [0.2, 0.25) is 0 Å². The van der Waals surface area contributed by atoms with Crippen molar-refractivity contribution in [3.63, 3.8) is 0 Å². The van der Waals surface area contributed by atoms with E-state index in [-0.39, 0.29) is 0 Å². The molecule has 1 aromatic carbocycles. The lowest BCUT2D eigenvalue weighted by atomic mass is 10.1. The van der Waals surface area contributed by atoms with Crippen LogP contribution in [-0.2, 0) is 4.79 Å². The number of benzene rings is 1. The number of carboxylic acid groups (broad SMARTS) is 1. The second-order valence-corrected chi connectivity index (χ2v) is 4.05. The molecule has 0 unspecified atom stereocenters. The van der Waals surface area contributed by atoms with E-state index < -0.39 is 5.97 Å². The molecule has 0 aliphatic carbocycles. The Kier molecular flexibility index (Phi) is 5.03. The zero-order chi connectivity index (χ0) is 12.8. The Balaban J connectivity index is 3.24. The van der Waals surface area contributed by atoms with Crippen molar-refractivity contribution in [2.24, 2.45) is 0 Å². The van der Waals surface area contributed by atoms with Gasteiger partial charge in [0.25, 0.3) is 0 Å². The lowest BCUT2D eigenvalue weighted by molar-refractivity contribution is -0.131. The third-order valence-corrected chi connectivity index (χ3v) is 2.42. The Morgan fingerprint density at radius 2 is 2.24 bits per heavy atom. The molecule has 92 valence electrons. The number of hydrogen-bond acceptors (Lipinski definition) is 3. The normalized spacial score (nSPS) is 10.5. The zero-order valence-corrected chi connectivity index (χ0v) is 11.2. The number of aliphatic carboxylic acids is 1. The largest absolute Gasteiger partial charge is 0.493 e. The van der Waals surface area contributed by atoms with Crippen LogP contribution >= 0.6 is 15.9 Å². The Morgan fingerprint density at radius 1 is 1.53 bits per heavy atom. The summed E-state index contributed by atoms with van der Waals surface area (Å²) in [5.74, 6) is 0.0911. The molecule has 0 radical (unpaired) electrons. The predicted octanol–water partition coefficient (Wildman–Crippen LogP) is 2.95. The van der Waals surface area contributed by atoms with E-state index in [0.29, 0.717) is 23.7 Å². The molecule has 0 fully saturated rings. The Labute approximate surface area is 108 Å². The first-order valence-corrected chi connectivity index (χ1v) is 5.79. The first-order valence-electron chi connectivity index (χ1n) is 4.99. The molecule has 0 aliphatic heterocycles. The zero-order valence-electron chi connectivity index (χ0n) is 9.57. The van der Waals surface area contributed by atoms with E-state index >= 15 is 0 Å². The number of carboxylic acids is 1. The standard InChI is InChI=1S/C12H13BrO4/c1-3-17-12-8(4-5-11(14)15)6-9(13)7-10(12)16-2/h4-7H,3H2,1-2H3,(H,14,15)/b5-4+. The van der Waals surface area contributed by atoms with E-state index in [0.717, 1.165) is 10.5 Å². The highest BCUT2D eigenvalue weighted by molar-refractivity contribution is 9.10. The molecule has 1 N–H and O–H groups in total. The van der Waals surface area contributed by atoms with Gasteiger partial charge in [-0.2, -0.15) is 0 Å². The second-order valence-electron chi connectivity index (χ2n) is 3.13. The number of halogens is 1. The minimum atomic E-state index is -1.01. The van der Waals surface area contributed by atoms with Crippen molar-refractivity contribution in [1.29, 1.82) is 0 Å². The molecule has 17 heavy (non-hydrogen) atoms. The number of methoxy groups -OCH3 is 1. The Morgan fingerprint density at radius 3 is 2.76 bits per heavy atom. The third-order valence-electron chi connectivity index (χ3n) is 1.96. The topological polar surface area (TPSA) is 55.8 Å². The average molecular weight is 301 g/mol. The maximum atomic E-state index is 10.5. The molecule has 0 amide bonds. The molecule has 0 aliphatic rings. The van der Waals surface area contributed by atoms with Crippen LogP contribution in [0.2, 0.25) is 0 Å². The smallest absolute Gasteiger partial charge is 0.328 e. The number of rotatable bonds is 5. The van der Waals surface area contributed by atoms with Crippen molar-refractivity contribution in [3.05, 3.63) is 28.2 Å². The molecular formula is C12H13BrO4. The van der Waals surface area contributed by atoms with Gasteiger partial charge < -0.3 is 14.6 Å². The van der Waals surface area contributed by atoms with Crippen molar-refractivity contribution in [1.82, 2.24) is 0 Å². The molecule has 0 bridgehead atoms. The van der Waals surface area contributed by atoms with Gasteiger partial charge in [0.15, 0.2) is 11.5 Å². The van der Waals surface area contributed by atoms with Crippen LogP contribution in [0.4, 0.5) is 0 Å². The minimum absolute atomic E-state index is 0.478. The third kappa shape index (κ3) is 3.78. The van der Waals surface area contributed by atoms with Crippen LogP contribution < -0.4 is 9.47 Å². The van der Waals surface area contributed by atoms with E-state index in [2.05, 4.69) is 15.9 Å². The predicted molar refractivity (Wildman–Crippen MR) is 68.5 cm³/mol. The fourth-order valence-electron chi connectivity index (χ4n) is 1.32. The molecule has 0 heterocycles. The van der Waals surface area contributed by atoms with Gasteiger partial charge in [0, 0.05) is 16.1 Å². The van der Waals surface area contributed by atoms with Gasteiger partial charge in [-0.25, -0.2) is 4.79 Å². The van der Waals surface area contributed by atoms with E-state index in [1.165, 1.54) is 13.2 Å². The molecule has 0 atom stereocenters. The van der Waals surface area contributed by atoms with Crippen molar-refractivity contribution in [3.8, 4) is 11.5 Å². The van der Waals surface area contributed by atoms with Gasteiger partial charge in [0.1, 0.15) is 0 Å². The maximum absolute atomic E-state index is 10.5. The number of hydrogen-bond donors (Lipinski definition) is 1. The van der Waals surface area contributed by atoms with Crippen LogP contribution in [0.15, 0.2) is 22.7 Å². The Hall–Kier alpha value is -1.49. The number of ether oxygens (including phenoxy) is 2. The lowest BCUT2D eigenvalue weighted by Gasteiger charge is -2.12. The first-order chi connectivity index (χ1) is 8.08. The van der Waals surface area contributed by atoms with E-state index in [1.807, 2.05) is 6.92 Å². The highest BCUT2D eigenvalue weighted by atomic mass is 79.9. The summed E-state index contributed by atoms with van der Waals surface area (Å²) in [6, 6.07) is 3.54. The fraction of sp³-hybridized carbons (Fsp3) is 0.250. The van der Waals surface area contributed by atoms with Gasteiger partial charge in [-0.05, 0) is 25.1 Å². The van der Waals surface area contributed by atoms with Gasteiger partial charge in [-0.1, -0.05) is 15.9 Å². The summed E-state index contributed by atoms with van der Waals surface area (Å²) in [6.07, 6.45) is 2.53. The molecule has 0 saturated heterocycles. The summed E-state index contributed by atoms with van der Waals surface area (Å²) >= 11 is 3.33. The molecule has 4 nitrogen and oxygen atoms in total. The first kappa shape index (κ1) is 13.6. The summed E-state index contributed by atoms with van der Waals surface area (Å²) in [7, 11) is 1.54. The van der Waals surface area contributed by atoms with Crippen LogP contribution in [0, 0.1) is 0 Å². The van der Waals surface area contributed by atoms with Crippen molar-refractivity contribution in [2.75, 3.05) is 13.7 Å². The van der Waals surface area contributed by atoms with Crippen LogP contribution in [-0.4, -0.2) is 24.8 Å². The summed E-state index contributed by atoms with van der Waals surface area (Å²) in [5, 5.41) is 8.62. The highest BCUT2D eigenvalue weighted by Crippen LogP contribution is 2.35. The van der Waals surface area contributed by atoms with Gasteiger partial charge in [0.05, 0.1) is 13.7 Å². The monoisotopic (exact) mass is 300 g/mol. The van der Waals surface area contributed by atoms with Crippen LogP contribution in [0.25, 0.3) is 6.08 Å². The molecule has 0 saturated carbocycles. The van der Waals surface area contributed by atoms with Crippen LogP contribution in [0.1, 0.15) is 12.5 Å². The van der Waals surface area contributed by atoms with Gasteiger partial charge >= 0.3 is 5.97 Å². The molecule has 0 spiro atoms. The highest BCUT2D eigenvalue weighted by Gasteiger charge is 2.10. The van der Waals surface area contributed by atoms with Gasteiger partial charge in [-0.15, -0.1) is 0 Å². The SMILES string of the molecule is CCOc1c(/C=C/C(=O)O)cc(Br)cc1OC. The Bertz CT molecular complexity index is 440. The molecule has 1 rings (SSSR count). The molecule has 0 aromatic heterocycles. The second kappa shape index (κ2) is 6.30. The fourth-order valence-corrected chi connectivity index (χ4v) is 1.78. The van der Waals surface area contributed by atoms with Crippen molar-refractivity contribution < 1.29 is 19.4 Å². The molecular weight excluding hydrogens is 288 g/mol. The molecule has 1 aromatic rings. The lowest BCUT2D eigenvalue weighted by Crippen LogP contribution is -1.98. The number of carbonyl (C=O) groups is 1. The summed E-state index contributed by atoms with van der Waals surface area (Å²) in [5.41, 5.74) is 0.653.